The molecule has 1 aromatic rings. The number of nitrogens with two attached hydrogens (primary N) is 1. The minimum atomic E-state index is -0.238. The summed E-state index contributed by atoms with van der Waals surface area (Å²) in [5, 5.41) is 2.71. The van der Waals surface area contributed by atoms with E-state index in [2.05, 4.69) is 11.9 Å². The van der Waals surface area contributed by atoms with Gasteiger partial charge in [-0.2, -0.15) is 0 Å². The van der Waals surface area contributed by atoms with Crippen molar-refractivity contribution in [2.24, 2.45) is 5.73 Å². The Morgan fingerprint density at radius 2 is 2.44 bits per heavy atom. The van der Waals surface area contributed by atoms with Crippen LogP contribution in [0.1, 0.15) is 22.7 Å². The average molecular weight is 224 g/mol. The van der Waals surface area contributed by atoms with Gasteiger partial charge in [0.15, 0.2) is 5.76 Å². The molecule has 5 heteroatoms. The first-order chi connectivity index (χ1) is 7.77. The van der Waals surface area contributed by atoms with E-state index in [1.54, 1.807) is 12.1 Å². The predicted octanol–water partition coefficient (Wildman–Crippen LogP) is 1.02. The zero-order chi connectivity index (χ0) is 11.8. The van der Waals surface area contributed by atoms with E-state index >= 15 is 0 Å². The van der Waals surface area contributed by atoms with Crippen LogP contribution in [0.15, 0.2) is 29.4 Å². The lowest BCUT2D eigenvalue weighted by Gasteiger charge is -2.02. The highest BCUT2D eigenvalue weighted by Gasteiger charge is 2.09. The Morgan fingerprint density at radius 3 is 3.06 bits per heavy atom. The van der Waals surface area contributed by atoms with Crippen LogP contribution in [-0.2, 0) is 11.3 Å². The van der Waals surface area contributed by atoms with Gasteiger partial charge in [-0.1, -0.05) is 6.58 Å². The van der Waals surface area contributed by atoms with Crippen LogP contribution >= 0.6 is 0 Å². The molecule has 0 aromatic carbocycles. The Bertz CT molecular complexity index is 347. The number of carbonyl (C=O) groups excluding carboxylic acids is 1. The van der Waals surface area contributed by atoms with Gasteiger partial charge in [-0.15, -0.1) is 0 Å². The maximum Gasteiger partial charge on any atom is 0.286 e. The highest BCUT2D eigenvalue weighted by atomic mass is 16.5. The van der Waals surface area contributed by atoms with Crippen molar-refractivity contribution in [3.05, 3.63) is 36.5 Å². The van der Waals surface area contributed by atoms with E-state index in [0.29, 0.717) is 25.5 Å². The van der Waals surface area contributed by atoms with E-state index in [4.69, 9.17) is 14.9 Å². The standard InChI is InChI=1S/C11H16N2O3/c1-2-15-7-3-6-13-11(14)10-5-4-9(8-12)16-10/h2,4-5H,1,3,6-8,12H2,(H,13,14). The van der Waals surface area contributed by atoms with Crippen LogP contribution < -0.4 is 11.1 Å². The molecule has 0 saturated carbocycles. The third-order valence-electron chi connectivity index (χ3n) is 1.93. The number of hydrogen-bond acceptors (Lipinski definition) is 4. The van der Waals surface area contributed by atoms with Crippen LogP contribution in [0.25, 0.3) is 0 Å². The summed E-state index contributed by atoms with van der Waals surface area (Å²) < 4.78 is 10.1. The second kappa shape index (κ2) is 6.68. The summed E-state index contributed by atoms with van der Waals surface area (Å²) in [5.74, 6) is 0.642. The Hall–Kier alpha value is -1.75. The maximum atomic E-state index is 11.5. The fourth-order valence-corrected chi connectivity index (χ4v) is 1.14. The van der Waals surface area contributed by atoms with Gasteiger partial charge in [-0.25, -0.2) is 0 Å². The Labute approximate surface area is 94.3 Å². The van der Waals surface area contributed by atoms with E-state index in [1.807, 2.05) is 0 Å². The van der Waals surface area contributed by atoms with Gasteiger partial charge in [-0.05, 0) is 18.6 Å². The van der Waals surface area contributed by atoms with Crippen molar-refractivity contribution in [1.29, 1.82) is 0 Å². The summed E-state index contributed by atoms with van der Waals surface area (Å²) in [6.07, 6.45) is 2.10. The summed E-state index contributed by atoms with van der Waals surface area (Å²) in [6, 6.07) is 3.30. The molecule has 0 aliphatic heterocycles. The van der Waals surface area contributed by atoms with Crippen molar-refractivity contribution in [2.75, 3.05) is 13.2 Å². The zero-order valence-corrected chi connectivity index (χ0v) is 9.07. The Balaban J connectivity index is 2.26. The van der Waals surface area contributed by atoms with Gasteiger partial charge in [0.25, 0.3) is 5.91 Å². The van der Waals surface area contributed by atoms with Gasteiger partial charge >= 0.3 is 0 Å². The molecule has 5 nitrogen and oxygen atoms in total. The molecule has 1 rings (SSSR count). The average Bonchev–Trinajstić information content (AvgIpc) is 2.77. The third-order valence-corrected chi connectivity index (χ3v) is 1.93. The van der Waals surface area contributed by atoms with E-state index in [0.717, 1.165) is 6.42 Å². The number of nitrogens with one attached hydrogen (secondary N) is 1. The molecule has 1 amide bonds. The topological polar surface area (TPSA) is 77.5 Å². The van der Waals surface area contributed by atoms with E-state index in [1.165, 1.54) is 6.26 Å². The lowest BCUT2D eigenvalue weighted by molar-refractivity contribution is 0.0921. The van der Waals surface area contributed by atoms with Gasteiger partial charge in [-0.3, -0.25) is 4.79 Å². The molecule has 0 unspecified atom stereocenters. The first-order valence-corrected chi connectivity index (χ1v) is 5.07. The quantitative estimate of drug-likeness (QED) is 0.535. The van der Waals surface area contributed by atoms with Crippen LogP contribution in [-0.4, -0.2) is 19.1 Å². The number of rotatable bonds is 7. The molecule has 1 heterocycles. The first kappa shape index (κ1) is 12.3. The van der Waals surface area contributed by atoms with Crippen molar-refractivity contribution in [3.8, 4) is 0 Å². The summed E-state index contributed by atoms with van der Waals surface area (Å²) >= 11 is 0. The smallest absolute Gasteiger partial charge is 0.286 e. The lowest BCUT2D eigenvalue weighted by Crippen LogP contribution is -2.24. The summed E-state index contributed by atoms with van der Waals surface area (Å²) in [6.45, 7) is 4.78. The number of furan rings is 1. The predicted molar refractivity (Wildman–Crippen MR) is 59.7 cm³/mol. The monoisotopic (exact) mass is 224 g/mol. The van der Waals surface area contributed by atoms with E-state index in [-0.39, 0.29) is 11.7 Å². The molecular weight excluding hydrogens is 208 g/mol. The Morgan fingerprint density at radius 1 is 1.62 bits per heavy atom. The summed E-state index contributed by atoms with van der Waals surface area (Å²) in [7, 11) is 0. The number of amides is 1. The minimum absolute atomic E-state index is 0.238. The van der Waals surface area contributed by atoms with Crippen molar-refractivity contribution in [3.63, 3.8) is 0 Å². The Kier molecular flexibility index (Phi) is 5.15. The molecular formula is C11H16N2O3. The van der Waals surface area contributed by atoms with Gasteiger partial charge in [0, 0.05) is 6.54 Å². The molecule has 0 atom stereocenters. The number of ether oxygens (including phenoxy) is 1. The van der Waals surface area contributed by atoms with Gasteiger partial charge < -0.3 is 20.2 Å². The minimum Gasteiger partial charge on any atom is -0.502 e. The highest BCUT2D eigenvalue weighted by molar-refractivity contribution is 5.91. The van der Waals surface area contributed by atoms with Gasteiger partial charge in [0.1, 0.15) is 5.76 Å². The van der Waals surface area contributed by atoms with E-state index < -0.39 is 0 Å². The normalized spacial score (nSPS) is 9.81. The fourth-order valence-electron chi connectivity index (χ4n) is 1.14. The van der Waals surface area contributed by atoms with Crippen molar-refractivity contribution < 1.29 is 13.9 Å². The first-order valence-electron chi connectivity index (χ1n) is 5.07. The molecule has 0 bridgehead atoms. The summed E-state index contributed by atoms with van der Waals surface area (Å²) in [4.78, 5) is 11.5. The second-order valence-electron chi connectivity index (χ2n) is 3.12. The SMILES string of the molecule is C=COCCCNC(=O)c1ccc(CN)o1. The van der Waals surface area contributed by atoms with Crippen molar-refractivity contribution in [1.82, 2.24) is 5.32 Å². The van der Waals surface area contributed by atoms with Crippen LogP contribution in [0.5, 0.6) is 0 Å². The van der Waals surface area contributed by atoms with Crippen LogP contribution in [0.2, 0.25) is 0 Å². The molecule has 88 valence electrons. The second-order valence-corrected chi connectivity index (χ2v) is 3.12. The third kappa shape index (κ3) is 3.78. The van der Waals surface area contributed by atoms with Gasteiger partial charge in [0.2, 0.25) is 0 Å². The molecule has 1 aromatic heterocycles. The molecule has 0 fully saturated rings. The molecule has 3 N–H and O–H groups in total. The molecule has 0 radical (unpaired) electrons. The molecule has 0 spiro atoms. The maximum absolute atomic E-state index is 11.5. The number of carbonyl (C=O) groups is 1. The summed E-state index contributed by atoms with van der Waals surface area (Å²) in [5.41, 5.74) is 5.37. The molecule has 0 aliphatic carbocycles. The largest absolute Gasteiger partial charge is 0.502 e. The lowest BCUT2D eigenvalue weighted by atomic mass is 10.4. The zero-order valence-electron chi connectivity index (χ0n) is 9.07. The van der Waals surface area contributed by atoms with Gasteiger partial charge in [0.05, 0.1) is 19.4 Å². The molecule has 0 saturated heterocycles. The van der Waals surface area contributed by atoms with E-state index in [9.17, 15) is 4.79 Å². The number of hydrogen-bond donors (Lipinski definition) is 2. The van der Waals surface area contributed by atoms with Crippen LogP contribution in [0.3, 0.4) is 0 Å². The molecule has 16 heavy (non-hydrogen) atoms. The van der Waals surface area contributed by atoms with Crippen LogP contribution in [0, 0.1) is 0 Å². The van der Waals surface area contributed by atoms with Crippen LogP contribution in [0.4, 0.5) is 0 Å². The fraction of sp³-hybridized carbons (Fsp3) is 0.364. The molecule has 0 aliphatic rings. The van der Waals surface area contributed by atoms with Crippen molar-refractivity contribution in [2.45, 2.75) is 13.0 Å². The highest BCUT2D eigenvalue weighted by Crippen LogP contribution is 2.06. The van der Waals surface area contributed by atoms with Crippen molar-refractivity contribution >= 4 is 5.91 Å².